The minimum Gasteiger partial charge on any atom is -0.481 e. The van der Waals surface area contributed by atoms with E-state index >= 15 is 0 Å². The number of ketones is 1. The molecule has 0 aliphatic heterocycles. The van der Waals surface area contributed by atoms with Crippen LogP contribution in [0.5, 0.6) is 0 Å². The molecule has 0 spiro atoms. The van der Waals surface area contributed by atoms with E-state index in [0.29, 0.717) is 18.6 Å². The summed E-state index contributed by atoms with van der Waals surface area (Å²) in [6, 6.07) is 8.06. The lowest BCUT2D eigenvalue weighted by Crippen LogP contribution is -2.19. The van der Waals surface area contributed by atoms with Crippen LogP contribution in [0.1, 0.15) is 56.1 Å². The van der Waals surface area contributed by atoms with Gasteiger partial charge in [-0.25, -0.2) is 0 Å². The molecule has 3 heteroatoms. The first-order chi connectivity index (χ1) is 10.1. The predicted molar refractivity (Wildman–Crippen MR) is 82.3 cm³/mol. The van der Waals surface area contributed by atoms with Crippen molar-refractivity contribution in [3.8, 4) is 0 Å². The van der Waals surface area contributed by atoms with Crippen molar-refractivity contribution < 1.29 is 14.7 Å². The molecule has 3 nitrogen and oxygen atoms in total. The summed E-state index contributed by atoms with van der Waals surface area (Å²) >= 11 is 0. The summed E-state index contributed by atoms with van der Waals surface area (Å²) in [5.41, 5.74) is 2.22. The van der Waals surface area contributed by atoms with Crippen LogP contribution in [-0.2, 0) is 22.4 Å². The number of rotatable bonds is 7. The van der Waals surface area contributed by atoms with Gasteiger partial charge in [0.15, 0.2) is 0 Å². The second kappa shape index (κ2) is 7.96. The van der Waals surface area contributed by atoms with E-state index in [2.05, 4.69) is 0 Å². The quantitative estimate of drug-likeness (QED) is 0.830. The molecule has 0 radical (unpaired) electrons. The summed E-state index contributed by atoms with van der Waals surface area (Å²) < 4.78 is 0. The van der Waals surface area contributed by atoms with Crippen LogP contribution in [0.15, 0.2) is 24.3 Å². The molecule has 0 atom stereocenters. The Morgan fingerprint density at radius 1 is 1.00 bits per heavy atom. The van der Waals surface area contributed by atoms with Gasteiger partial charge >= 0.3 is 5.97 Å². The Morgan fingerprint density at radius 2 is 1.62 bits per heavy atom. The molecule has 0 heterocycles. The maximum Gasteiger partial charge on any atom is 0.303 e. The monoisotopic (exact) mass is 288 g/mol. The van der Waals surface area contributed by atoms with Gasteiger partial charge in [-0.3, -0.25) is 9.59 Å². The second-order valence-electron chi connectivity index (χ2n) is 6.04. The van der Waals surface area contributed by atoms with E-state index in [4.69, 9.17) is 5.11 Å². The molecule has 1 N–H and O–H groups in total. The van der Waals surface area contributed by atoms with Crippen LogP contribution in [0.4, 0.5) is 0 Å². The SMILES string of the molecule is O=C(O)CCCc1ccc(CC(=O)C2CCCCC2)cc1. The topological polar surface area (TPSA) is 54.4 Å². The Bertz CT molecular complexity index is 470. The number of benzene rings is 1. The number of hydrogen-bond acceptors (Lipinski definition) is 2. The maximum atomic E-state index is 12.2. The highest BCUT2D eigenvalue weighted by Gasteiger charge is 2.20. The molecular weight excluding hydrogens is 264 g/mol. The van der Waals surface area contributed by atoms with Gasteiger partial charge in [-0.05, 0) is 36.8 Å². The van der Waals surface area contributed by atoms with Gasteiger partial charge in [0, 0.05) is 18.8 Å². The average molecular weight is 288 g/mol. The van der Waals surface area contributed by atoms with E-state index < -0.39 is 5.97 Å². The Morgan fingerprint density at radius 3 is 2.24 bits per heavy atom. The Balaban J connectivity index is 1.81. The molecule has 1 saturated carbocycles. The number of Topliss-reactive ketones (excluding diaryl/α,β-unsaturated/α-hetero) is 1. The maximum absolute atomic E-state index is 12.2. The van der Waals surface area contributed by atoms with Crippen molar-refractivity contribution in [2.24, 2.45) is 5.92 Å². The van der Waals surface area contributed by atoms with Crippen molar-refractivity contribution >= 4 is 11.8 Å². The molecule has 1 aliphatic rings. The van der Waals surface area contributed by atoms with Crippen molar-refractivity contribution in [3.05, 3.63) is 35.4 Å². The van der Waals surface area contributed by atoms with Crippen LogP contribution in [-0.4, -0.2) is 16.9 Å². The highest BCUT2D eigenvalue weighted by molar-refractivity contribution is 5.83. The molecule has 0 amide bonds. The number of hydrogen-bond donors (Lipinski definition) is 1. The fourth-order valence-electron chi connectivity index (χ4n) is 3.04. The van der Waals surface area contributed by atoms with Crippen molar-refractivity contribution in [2.75, 3.05) is 0 Å². The number of carboxylic acid groups (broad SMARTS) is 1. The van der Waals surface area contributed by atoms with Crippen molar-refractivity contribution in [1.29, 1.82) is 0 Å². The van der Waals surface area contributed by atoms with Gasteiger partial charge in [-0.1, -0.05) is 43.5 Å². The minimum atomic E-state index is -0.746. The van der Waals surface area contributed by atoms with Gasteiger partial charge in [-0.2, -0.15) is 0 Å². The van der Waals surface area contributed by atoms with E-state index in [1.807, 2.05) is 24.3 Å². The molecule has 0 unspecified atom stereocenters. The van der Waals surface area contributed by atoms with Crippen LogP contribution in [0, 0.1) is 5.92 Å². The minimum absolute atomic E-state index is 0.210. The number of carbonyl (C=O) groups is 2. The number of aliphatic carboxylic acids is 1. The van der Waals surface area contributed by atoms with E-state index in [1.165, 1.54) is 19.3 Å². The highest BCUT2D eigenvalue weighted by atomic mass is 16.4. The molecule has 1 aromatic rings. The van der Waals surface area contributed by atoms with Crippen LogP contribution < -0.4 is 0 Å². The molecule has 21 heavy (non-hydrogen) atoms. The highest BCUT2D eigenvalue weighted by Crippen LogP contribution is 2.25. The third-order valence-corrected chi connectivity index (χ3v) is 4.32. The third-order valence-electron chi connectivity index (χ3n) is 4.32. The average Bonchev–Trinajstić information content (AvgIpc) is 2.49. The summed E-state index contributed by atoms with van der Waals surface area (Å²) in [6.07, 6.45) is 7.98. The van der Waals surface area contributed by atoms with E-state index in [9.17, 15) is 9.59 Å². The Labute approximate surface area is 126 Å². The lowest BCUT2D eigenvalue weighted by atomic mass is 9.84. The summed E-state index contributed by atoms with van der Waals surface area (Å²) in [7, 11) is 0. The van der Waals surface area contributed by atoms with Gasteiger partial charge in [0.05, 0.1) is 0 Å². The van der Waals surface area contributed by atoms with E-state index in [0.717, 1.165) is 30.4 Å². The van der Waals surface area contributed by atoms with E-state index in [-0.39, 0.29) is 12.3 Å². The Hall–Kier alpha value is -1.64. The lowest BCUT2D eigenvalue weighted by Gasteiger charge is -2.20. The summed E-state index contributed by atoms with van der Waals surface area (Å²) in [6.45, 7) is 0. The number of aryl methyl sites for hydroxylation is 1. The molecule has 1 fully saturated rings. The van der Waals surface area contributed by atoms with Crippen molar-refractivity contribution in [1.82, 2.24) is 0 Å². The summed E-state index contributed by atoms with van der Waals surface area (Å²) in [4.78, 5) is 22.7. The number of carbonyl (C=O) groups excluding carboxylic acids is 1. The number of carboxylic acids is 1. The van der Waals surface area contributed by atoms with Gasteiger partial charge in [-0.15, -0.1) is 0 Å². The first-order valence-corrected chi connectivity index (χ1v) is 7.97. The fraction of sp³-hybridized carbons (Fsp3) is 0.556. The molecule has 1 aromatic carbocycles. The smallest absolute Gasteiger partial charge is 0.303 e. The lowest BCUT2D eigenvalue weighted by molar-refractivity contribution is -0.137. The van der Waals surface area contributed by atoms with Crippen LogP contribution in [0.25, 0.3) is 0 Å². The Kier molecular flexibility index (Phi) is 5.97. The van der Waals surface area contributed by atoms with Gasteiger partial charge in [0.2, 0.25) is 0 Å². The molecule has 2 rings (SSSR count). The standard InChI is InChI=1S/C18H24O3/c19-17(16-6-2-1-3-7-16)13-15-11-9-14(10-12-15)5-4-8-18(20)21/h9-12,16H,1-8,13H2,(H,20,21). The molecule has 1 aliphatic carbocycles. The zero-order chi connectivity index (χ0) is 15.1. The largest absolute Gasteiger partial charge is 0.481 e. The molecular formula is C18H24O3. The van der Waals surface area contributed by atoms with Crippen LogP contribution in [0.3, 0.4) is 0 Å². The zero-order valence-electron chi connectivity index (χ0n) is 12.5. The fourth-order valence-corrected chi connectivity index (χ4v) is 3.04. The van der Waals surface area contributed by atoms with Crippen molar-refractivity contribution in [3.63, 3.8) is 0 Å². The van der Waals surface area contributed by atoms with Gasteiger partial charge in [0.1, 0.15) is 5.78 Å². The summed E-state index contributed by atoms with van der Waals surface area (Å²) in [5.74, 6) is -0.0907. The first kappa shape index (κ1) is 15.7. The molecule has 0 saturated heterocycles. The summed E-state index contributed by atoms with van der Waals surface area (Å²) in [5, 5.41) is 8.62. The molecule has 114 valence electrons. The molecule has 0 bridgehead atoms. The van der Waals surface area contributed by atoms with Crippen molar-refractivity contribution in [2.45, 2.75) is 57.8 Å². The molecule has 0 aromatic heterocycles. The van der Waals surface area contributed by atoms with Crippen LogP contribution >= 0.6 is 0 Å². The second-order valence-corrected chi connectivity index (χ2v) is 6.04. The zero-order valence-corrected chi connectivity index (χ0v) is 12.5. The van der Waals surface area contributed by atoms with Crippen LogP contribution in [0.2, 0.25) is 0 Å². The van der Waals surface area contributed by atoms with Gasteiger partial charge < -0.3 is 5.11 Å². The third kappa shape index (κ3) is 5.33. The van der Waals surface area contributed by atoms with E-state index in [1.54, 1.807) is 0 Å². The first-order valence-electron chi connectivity index (χ1n) is 7.97. The predicted octanol–water partition coefficient (Wildman–Crippen LogP) is 3.79. The van der Waals surface area contributed by atoms with Gasteiger partial charge in [0.25, 0.3) is 0 Å². The normalized spacial score (nSPS) is 15.8.